The standard InChI is InChI=1S/C55H88O14/c1-3-5-7-9-11-13-15-17-19-21-23-25-27-29-31-33-35-37-39-64-41-44(67-47(57)38-36-34-32-30-28-26-24-22-20-18-16-14-12-10-8-6-4-2)42-65-54-53(63)51(61)49(59)46(69-54)43-66-55-52(62)50(60)48(58)45(40-56)68-55/h5-8,11-14,17-20,23-26,30,32,44-46,48-56,58-63H,3-4,9-10,15-16,21-22,27-29,31,33-43H2,1-2H3/b7-5-,8-6-,13-11-,14-12-,19-17-,20-18-,25-23-,26-24-,32-30-. The smallest absolute Gasteiger partial charge is 0.306 e. The van der Waals surface area contributed by atoms with Crippen molar-refractivity contribution < 1.29 is 69.0 Å². The molecule has 2 aliphatic rings. The molecule has 69 heavy (non-hydrogen) atoms. The topological polar surface area (TPSA) is 214 Å². The van der Waals surface area contributed by atoms with Crippen molar-refractivity contribution in [2.24, 2.45) is 0 Å². The molecule has 2 aliphatic heterocycles. The summed E-state index contributed by atoms with van der Waals surface area (Å²) in [4.78, 5) is 13.0. The molecule has 0 radical (unpaired) electrons. The summed E-state index contributed by atoms with van der Waals surface area (Å²) in [6.45, 7) is 3.30. The second kappa shape index (κ2) is 41.3. The lowest BCUT2D eigenvalue weighted by Gasteiger charge is -2.42. The maximum Gasteiger partial charge on any atom is 0.306 e. The molecule has 14 heteroatoms. The molecule has 0 aromatic rings. The summed E-state index contributed by atoms with van der Waals surface area (Å²) in [6.07, 6.45) is 38.7. The van der Waals surface area contributed by atoms with Crippen LogP contribution in [0.5, 0.6) is 0 Å². The SMILES string of the molecule is CC/C=C\C/C=C\C/C=C\C/C=C\C/C=C\CCCC(=O)OC(COCCCCCCC/C=C\C/C=C\C/C=C\C/C=C\CC)COC1OC(COC2OC(CO)C(O)C(O)C2O)C(O)C(O)C1O. The molecule has 7 N–H and O–H groups in total. The van der Waals surface area contributed by atoms with Crippen molar-refractivity contribution in [3.63, 3.8) is 0 Å². The summed E-state index contributed by atoms with van der Waals surface area (Å²) in [5.74, 6) is -0.445. The van der Waals surface area contributed by atoms with Gasteiger partial charge in [0, 0.05) is 13.0 Å². The van der Waals surface area contributed by atoms with Gasteiger partial charge in [0.15, 0.2) is 12.6 Å². The van der Waals surface area contributed by atoms with E-state index in [0.29, 0.717) is 19.4 Å². The number of aliphatic hydroxyl groups excluding tert-OH is 7. The van der Waals surface area contributed by atoms with E-state index in [-0.39, 0.29) is 19.6 Å². The van der Waals surface area contributed by atoms with E-state index in [2.05, 4.69) is 117 Å². The fourth-order valence-corrected chi connectivity index (χ4v) is 7.19. The lowest BCUT2D eigenvalue weighted by molar-refractivity contribution is -0.332. The zero-order valence-electron chi connectivity index (χ0n) is 41.5. The molecule has 2 saturated heterocycles. The minimum absolute atomic E-state index is 0.0178. The van der Waals surface area contributed by atoms with Gasteiger partial charge in [0.1, 0.15) is 54.9 Å². The van der Waals surface area contributed by atoms with Crippen LogP contribution in [-0.2, 0) is 33.2 Å². The first-order chi connectivity index (χ1) is 33.6. The summed E-state index contributed by atoms with van der Waals surface area (Å²) in [7, 11) is 0. The number of carbonyl (C=O) groups is 1. The van der Waals surface area contributed by atoms with E-state index < -0.39 is 86.7 Å². The molecule has 0 bridgehead atoms. The Kier molecular flexibility index (Phi) is 37.0. The Balaban J connectivity index is 1.82. The molecule has 0 saturated carbocycles. The Hall–Kier alpha value is -3.35. The second-order valence-corrected chi connectivity index (χ2v) is 17.2. The van der Waals surface area contributed by atoms with Crippen LogP contribution in [0.4, 0.5) is 0 Å². The van der Waals surface area contributed by atoms with Gasteiger partial charge in [0.25, 0.3) is 0 Å². The molecule has 11 atom stereocenters. The molecule has 0 aromatic heterocycles. The van der Waals surface area contributed by atoms with Crippen LogP contribution in [0.25, 0.3) is 0 Å². The van der Waals surface area contributed by atoms with Gasteiger partial charge < -0.3 is 64.2 Å². The van der Waals surface area contributed by atoms with Crippen molar-refractivity contribution in [1.82, 2.24) is 0 Å². The average molecular weight is 973 g/mol. The van der Waals surface area contributed by atoms with Crippen LogP contribution in [0, 0.1) is 0 Å². The number of unbranched alkanes of at least 4 members (excludes halogenated alkanes) is 6. The van der Waals surface area contributed by atoms with E-state index in [1.807, 2.05) is 6.08 Å². The Morgan fingerprint density at radius 2 is 0.899 bits per heavy atom. The van der Waals surface area contributed by atoms with Crippen molar-refractivity contribution in [3.8, 4) is 0 Å². The van der Waals surface area contributed by atoms with Crippen LogP contribution in [0.2, 0.25) is 0 Å². The van der Waals surface area contributed by atoms with Crippen LogP contribution in [-0.4, -0.2) is 142 Å². The third-order valence-corrected chi connectivity index (χ3v) is 11.3. The summed E-state index contributed by atoms with van der Waals surface area (Å²) < 4.78 is 34.2. The summed E-state index contributed by atoms with van der Waals surface area (Å²) in [6, 6.07) is 0. The van der Waals surface area contributed by atoms with Crippen LogP contribution < -0.4 is 0 Å². The minimum atomic E-state index is -1.73. The van der Waals surface area contributed by atoms with Gasteiger partial charge in [0.2, 0.25) is 0 Å². The molecule has 0 amide bonds. The van der Waals surface area contributed by atoms with Crippen molar-refractivity contribution in [2.45, 2.75) is 197 Å². The maximum atomic E-state index is 13.0. The molecule has 2 rings (SSSR count). The lowest BCUT2D eigenvalue weighted by Crippen LogP contribution is -2.61. The Bertz CT molecular complexity index is 1550. The highest BCUT2D eigenvalue weighted by atomic mass is 16.7. The molecule has 11 unspecified atom stereocenters. The highest BCUT2D eigenvalue weighted by molar-refractivity contribution is 5.69. The molecule has 0 aliphatic carbocycles. The molecular weight excluding hydrogens is 885 g/mol. The van der Waals surface area contributed by atoms with Gasteiger partial charge in [-0.3, -0.25) is 4.79 Å². The van der Waals surface area contributed by atoms with Crippen molar-refractivity contribution >= 4 is 5.97 Å². The zero-order chi connectivity index (χ0) is 50.2. The number of ether oxygens (including phenoxy) is 6. The number of esters is 1. The van der Waals surface area contributed by atoms with E-state index >= 15 is 0 Å². The zero-order valence-corrected chi connectivity index (χ0v) is 41.5. The van der Waals surface area contributed by atoms with Gasteiger partial charge in [-0.05, 0) is 89.9 Å². The quantitative estimate of drug-likeness (QED) is 0.0180. The molecule has 14 nitrogen and oxygen atoms in total. The predicted molar refractivity (Wildman–Crippen MR) is 270 cm³/mol. The van der Waals surface area contributed by atoms with E-state index in [4.69, 9.17) is 28.4 Å². The Morgan fingerprint density at radius 3 is 1.41 bits per heavy atom. The summed E-state index contributed by atoms with van der Waals surface area (Å²) >= 11 is 0. The number of hydrogen-bond acceptors (Lipinski definition) is 14. The van der Waals surface area contributed by atoms with Gasteiger partial charge in [-0.1, -0.05) is 142 Å². The van der Waals surface area contributed by atoms with E-state index in [1.165, 1.54) is 0 Å². The minimum Gasteiger partial charge on any atom is -0.457 e. The molecule has 2 fully saturated rings. The average Bonchev–Trinajstić information content (AvgIpc) is 3.35. The monoisotopic (exact) mass is 973 g/mol. The van der Waals surface area contributed by atoms with Gasteiger partial charge in [-0.25, -0.2) is 0 Å². The molecular formula is C55H88O14. The van der Waals surface area contributed by atoms with Crippen LogP contribution in [0.1, 0.15) is 129 Å². The third-order valence-electron chi connectivity index (χ3n) is 11.3. The van der Waals surface area contributed by atoms with Crippen molar-refractivity contribution in [3.05, 3.63) is 109 Å². The summed E-state index contributed by atoms with van der Waals surface area (Å²) in [5, 5.41) is 72.1. The fraction of sp³-hybridized carbons (Fsp3) is 0.655. The first-order valence-electron chi connectivity index (χ1n) is 25.5. The fourth-order valence-electron chi connectivity index (χ4n) is 7.19. The number of hydrogen-bond donors (Lipinski definition) is 7. The lowest BCUT2D eigenvalue weighted by atomic mass is 9.98. The van der Waals surface area contributed by atoms with Crippen LogP contribution in [0.3, 0.4) is 0 Å². The highest BCUT2D eigenvalue weighted by Crippen LogP contribution is 2.26. The maximum absolute atomic E-state index is 13.0. The summed E-state index contributed by atoms with van der Waals surface area (Å²) in [5.41, 5.74) is 0. The largest absolute Gasteiger partial charge is 0.457 e. The number of allylic oxidation sites excluding steroid dienone is 18. The van der Waals surface area contributed by atoms with E-state index in [0.717, 1.165) is 96.3 Å². The first kappa shape index (κ1) is 61.8. The second-order valence-electron chi connectivity index (χ2n) is 17.2. The van der Waals surface area contributed by atoms with Crippen molar-refractivity contribution in [1.29, 1.82) is 0 Å². The van der Waals surface area contributed by atoms with Crippen molar-refractivity contribution in [2.75, 3.05) is 33.0 Å². The van der Waals surface area contributed by atoms with Crippen LogP contribution in [0.15, 0.2) is 109 Å². The molecule has 392 valence electrons. The van der Waals surface area contributed by atoms with Gasteiger partial charge in [-0.2, -0.15) is 0 Å². The van der Waals surface area contributed by atoms with Gasteiger partial charge in [0.05, 0.1) is 26.4 Å². The van der Waals surface area contributed by atoms with E-state index in [1.54, 1.807) is 0 Å². The highest BCUT2D eigenvalue weighted by Gasteiger charge is 2.47. The van der Waals surface area contributed by atoms with E-state index in [9.17, 15) is 40.5 Å². The van der Waals surface area contributed by atoms with Crippen LogP contribution >= 0.6 is 0 Å². The molecule has 0 spiro atoms. The molecule has 0 aromatic carbocycles. The number of aliphatic hydroxyl groups is 7. The third kappa shape index (κ3) is 28.9. The van der Waals surface area contributed by atoms with Gasteiger partial charge >= 0.3 is 5.97 Å². The number of rotatable bonds is 38. The normalized spacial score (nSPS) is 26.6. The Labute approximate surface area is 413 Å². The Morgan fingerprint density at radius 1 is 0.478 bits per heavy atom. The first-order valence-corrected chi connectivity index (χ1v) is 25.5. The predicted octanol–water partition coefficient (Wildman–Crippen LogP) is 7.62. The van der Waals surface area contributed by atoms with Gasteiger partial charge in [-0.15, -0.1) is 0 Å². The molecule has 2 heterocycles. The number of carbonyl (C=O) groups excluding carboxylic acids is 1.